The van der Waals surface area contributed by atoms with Crippen LogP contribution in [0.4, 0.5) is 0 Å². The average molecular weight is 285 g/mol. The van der Waals surface area contributed by atoms with Crippen LogP contribution in [0.2, 0.25) is 0 Å². The Bertz CT molecular complexity index is 696. The first-order chi connectivity index (χ1) is 10.2. The fourth-order valence-electron chi connectivity index (χ4n) is 2.60. The van der Waals surface area contributed by atoms with E-state index in [-0.39, 0.29) is 12.5 Å². The Morgan fingerprint density at radius 3 is 2.90 bits per heavy atom. The van der Waals surface area contributed by atoms with Gasteiger partial charge in [-0.15, -0.1) is 0 Å². The van der Waals surface area contributed by atoms with E-state index >= 15 is 0 Å². The topological polar surface area (TPSA) is 82.5 Å². The number of rotatable bonds is 2. The molecule has 0 aliphatic carbocycles. The van der Waals surface area contributed by atoms with Gasteiger partial charge in [-0.25, -0.2) is 4.79 Å². The maximum absolute atomic E-state index is 12.7. The third-order valence-electron chi connectivity index (χ3n) is 3.65. The summed E-state index contributed by atoms with van der Waals surface area (Å²) < 4.78 is 0. The van der Waals surface area contributed by atoms with Crippen LogP contribution in [0.25, 0.3) is 10.9 Å². The van der Waals surface area contributed by atoms with Crippen molar-refractivity contribution in [2.24, 2.45) is 0 Å². The highest BCUT2D eigenvalue weighted by atomic mass is 16.4. The van der Waals surface area contributed by atoms with Crippen molar-refractivity contribution >= 4 is 22.8 Å². The Kier molecular flexibility index (Phi) is 3.53. The quantitative estimate of drug-likeness (QED) is 0.850. The van der Waals surface area contributed by atoms with Gasteiger partial charge in [0.2, 0.25) is 0 Å². The van der Waals surface area contributed by atoms with Crippen molar-refractivity contribution in [2.45, 2.75) is 6.04 Å². The molecule has 1 fully saturated rings. The summed E-state index contributed by atoms with van der Waals surface area (Å²) in [5.74, 6) is -1.28. The molecule has 1 atom stereocenters. The molecule has 1 aliphatic heterocycles. The van der Waals surface area contributed by atoms with Crippen molar-refractivity contribution in [3.8, 4) is 0 Å². The maximum Gasteiger partial charge on any atom is 0.327 e. The number of carboxylic acids is 1. The first-order valence-electron chi connectivity index (χ1n) is 6.77. The number of hydrogen-bond donors (Lipinski definition) is 2. The summed E-state index contributed by atoms with van der Waals surface area (Å²) in [5.41, 5.74) is 1.05. The van der Waals surface area contributed by atoms with Crippen LogP contribution in [0.5, 0.6) is 0 Å². The van der Waals surface area contributed by atoms with Gasteiger partial charge in [0, 0.05) is 31.2 Å². The fourth-order valence-corrected chi connectivity index (χ4v) is 2.60. The smallest absolute Gasteiger partial charge is 0.327 e. The van der Waals surface area contributed by atoms with Crippen molar-refractivity contribution < 1.29 is 14.7 Å². The molecule has 3 rings (SSSR count). The lowest BCUT2D eigenvalue weighted by Crippen LogP contribution is -2.57. The zero-order valence-electron chi connectivity index (χ0n) is 11.3. The maximum atomic E-state index is 12.7. The van der Waals surface area contributed by atoms with E-state index in [1.54, 1.807) is 18.3 Å². The first kappa shape index (κ1) is 13.5. The molecular weight excluding hydrogens is 270 g/mol. The van der Waals surface area contributed by atoms with Crippen LogP contribution in [0.3, 0.4) is 0 Å². The molecule has 1 saturated heterocycles. The van der Waals surface area contributed by atoms with Gasteiger partial charge in [0.25, 0.3) is 5.91 Å². The lowest BCUT2D eigenvalue weighted by Gasteiger charge is -2.33. The van der Waals surface area contributed by atoms with Crippen molar-refractivity contribution in [1.82, 2.24) is 15.2 Å². The van der Waals surface area contributed by atoms with Crippen LogP contribution < -0.4 is 5.32 Å². The average Bonchev–Trinajstić information content (AvgIpc) is 2.53. The van der Waals surface area contributed by atoms with Gasteiger partial charge >= 0.3 is 5.97 Å². The number of piperazine rings is 1. The minimum absolute atomic E-state index is 0.263. The number of carbonyl (C=O) groups is 2. The molecule has 0 spiro atoms. The van der Waals surface area contributed by atoms with E-state index in [1.807, 2.05) is 18.2 Å². The van der Waals surface area contributed by atoms with E-state index in [2.05, 4.69) is 10.3 Å². The minimum Gasteiger partial charge on any atom is -0.480 e. The zero-order valence-corrected chi connectivity index (χ0v) is 11.3. The van der Waals surface area contributed by atoms with Gasteiger partial charge in [-0.05, 0) is 12.1 Å². The molecular formula is C15H15N3O3. The molecule has 0 radical (unpaired) electrons. The predicted octanol–water partition coefficient (Wildman–Crippen LogP) is 0.733. The third kappa shape index (κ3) is 2.45. The number of benzene rings is 1. The summed E-state index contributed by atoms with van der Waals surface area (Å²) in [4.78, 5) is 29.7. The highest BCUT2D eigenvalue weighted by molar-refractivity contribution is 6.06. The number of nitrogens with zero attached hydrogens (tertiary/aromatic N) is 2. The van der Waals surface area contributed by atoms with E-state index in [4.69, 9.17) is 0 Å². The second kappa shape index (κ2) is 5.49. The van der Waals surface area contributed by atoms with Crippen LogP contribution in [-0.2, 0) is 4.79 Å². The number of carboxylic acid groups (broad SMARTS) is 1. The molecule has 2 heterocycles. The predicted molar refractivity (Wildman–Crippen MR) is 77.1 cm³/mol. The summed E-state index contributed by atoms with van der Waals surface area (Å²) in [6.45, 7) is 1.23. The number of aromatic nitrogens is 1. The minimum atomic E-state index is -0.997. The van der Waals surface area contributed by atoms with Gasteiger partial charge in [0.05, 0.1) is 11.1 Å². The monoisotopic (exact) mass is 285 g/mol. The summed E-state index contributed by atoms with van der Waals surface area (Å²) in [6.07, 6.45) is 1.63. The molecule has 1 aromatic carbocycles. The van der Waals surface area contributed by atoms with Gasteiger partial charge in [0.1, 0.15) is 6.04 Å². The Hall–Kier alpha value is -2.47. The van der Waals surface area contributed by atoms with Crippen LogP contribution in [0.15, 0.2) is 36.5 Å². The van der Waals surface area contributed by atoms with Crippen molar-refractivity contribution in [1.29, 1.82) is 0 Å². The Balaban J connectivity index is 2.01. The highest BCUT2D eigenvalue weighted by Crippen LogP contribution is 2.19. The largest absolute Gasteiger partial charge is 0.480 e. The number of amides is 1. The number of nitrogens with one attached hydrogen (secondary N) is 1. The molecule has 1 aliphatic rings. The number of aliphatic carboxylic acids is 1. The van der Waals surface area contributed by atoms with E-state index in [0.717, 1.165) is 5.39 Å². The molecule has 1 aromatic heterocycles. The SMILES string of the molecule is O=C(O)C1CNCCN1C(=O)c1cccc2cccnc12. The standard InChI is InChI=1S/C15H15N3O3/c19-14(18-8-7-16-9-12(18)15(20)21)11-5-1-3-10-4-2-6-17-13(10)11/h1-6,12,16H,7-9H2,(H,20,21). The third-order valence-corrected chi connectivity index (χ3v) is 3.65. The summed E-state index contributed by atoms with van der Waals surface area (Å²) >= 11 is 0. The van der Waals surface area contributed by atoms with Gasteiger partial charge in [0.15, 0.2) is 0 Å². The highest BCUT2D eigenvalue weighted by Gasteiger charge is 2.33. The number of para-hydroxylation sites is 1. The van der Waals surface area contributed by atoms with Crippen molar-refractivity contribution in [2.75, 3.05) is 19.6 Å². The van der Waals surface area contributed by atoms with Crippen LogP contribution >= 0.6 is 0 Å². The lowest BCUT2D eigenvalue weighted by atomic mass is 10.1. The normalized spacial score (nSPS) is 18.7. The van der Waals surface area contributed by atoms with Gasteiger partial charge in [-0.2, -0.15) is 0 Å². The number of fused-ring (bicyclic) bond motifs is 1. The van der Waals surface area contributed by atoms with Crippen LogP contribution in [0.1, 0.15) is 10.4 Å². The summed E-state index contributed by atoms with van der Waals surface area (Å²) in [6, 6.07) is 8.21. The van der Waals surface area contributed by atoms with Crippen LogP contribution in [-0.4, -0.2) is 52.5 Å². The number of hydrogen-bond acceptors (Lipinski definition) is 4. The summed E-state index contributed by atoms with van der Waals surface area (Å²) in [7, 11) is 0. The van der Waals surface area contributed by atoms with Crippen LogP contribution in [0, 0.1) is 0 Å². The molecule has 108 valence electrons. The Morgan fingerprint density at radius 2 is 2.10 bits per heavy atom. The van der Waals surface area contributed by atoms with E-state index < -0.39 is 12.0 Å². The second-order valence-electron chi connectivity index (χ2n) is 4.94. The molecule has 0 bridgehead atoms. The van der Waals surface area contributed by atoms with Crippen molar-refractivity contribution in [3.05, 3.63) is 42.1 Å². The van der Waals surface area contributed by atoms with Gasteiger partial charge < -0.3 is 15.3 Å². The molecule has 6 nitrogen and oxygen atoms in total. The molecule has 1 amide bonds. The molecule has 2 aromatic rings. The second-order valence-corrected chi connectivity index (χ2v) is 4.94. The van der Waals surface area contributed by atoms with Gasteiger partial charge in [-0.1, -0.05) is 18.2 Å². The van der Waals surface area contributed by atoms with E-state index in [9.17, 15) is 14.7 Å². The lowest BCUT2D eigenvalue weighted by molar-refractivity contribution is -0.142. The van der Waals surface area contributed by atoms with Gasteiger partial charge in [-0.3, -0.25) is 9.78 Å². The molecule has 21 heavy (non-hydrogen) atoms. The molecule has 2 N–H and O–H groups in total. The number of pyridine rings is 1. The van der Waals surface area contributed by atoms with Crippen molar-refractivity contribution in [3.63, 3.8) is 0 Å². The molecule has 0 saturated carbocycles. The molecule has 6 heteroatoms. The fraction of sp³-hybridized carbons (Fsp3) is 0.267. The Morgan fingerprint density at radius 1 is 1.29 bits per heavy atom. The molecule has 1 unspecified atom stereocenters. The van der Waals surface area contributed by atoms with E-state index in [0.29, 0.717) is 24.2 Å². The van der Waals surface area contributed by atoms with E-state index in [1.165, 1.54) is 4.90 Å². The first-order valence-corrected chi connectivity index (χ1v) is 6.77. The summed E-state index contributed by atoms with van der Waals surface area (Å²) in [5, 5.41) is 13.1. The zero-order chi connectivity index (χ0) is 14.8. The number of carbonyl (C=O) groups excluding carboxylic acids is 1. The Labute approximate surface area is 121 Å².